The SMILES string of the molecule is Oc1cc(C(F)(F)F)cc(F)c1-c1nnc(N[C@@H]2CCC[C@@H](O)C2)c2cnccc12. The highest BCUT2D eigenvalue weighted by atomic mass is 19.4. The van der Waals surface area contributed by atoms with Crippen LogP contribution in [-0.2, 0) is 6.18 Å². The second-order valence-electron chi connectivity index (χ2n) is 7.33. The summed E-state index contributed by atoms with van der Waals surface area (Å²) in [6.07, 6.45) is 0.659. The second-order valence-corrected chi connectivity index (χ2v) is 7.33. The lowest BCUT2D eigenvalue weighted by molar-refractivity contribution is -0.137. The summed E-state index contributed by atoms with van der Waals surface area (Å²) in [4.78, 5) is 4.05. The molecule has 2 heterocycles. The summed E-state index contributed by atoms with van der Waals surface area (Å²) < 4.78 is 53.3. The maximum Gasteiger partial charge on any atom is 0.416 e. The van der Waals surface area contributed by atoms with Gasteiger partial charge >= 0.3 is 6.18 Å². The van der Waals surface area contributed by atoms with E-state index in [-0.39, 0.29) is 11.7 Å². The Kier molecular flexibility index (Phi) is 5.19. The Bertz CT molecular complexity index is 1070. The van der Waals surface area contributed by atoms with E-state index in [1.165, 1.54) is 18.5 Å². The number of aromatic hydroxyl groups is 1. The predicted molar refractivity (Wildman–Crippen MR) is 101 cm³/mol. The number of nitrogens with one attached hydrogen (secondary N) is 1. The number of halogens is 4. The summed E-state index contributed by atoms with van der Waals surface area (Å²) in [7, 11) is 0. The highest BCUT2D eigenvalue weighted by Gasteiger charge is 2.33. The van der Waals surface area contributed by atoms with Crippen LogP contribution in [0.15, 0.2) is 30.6 Å². The normalized spacial score (nSPS) is 19.8. The number of nitrogens with zero attached hydrogens (tertiary/aromatic N) is 3. The molecule has 0 bridgehead atoms. The topological polar surface area (TPSA) is 91.2 Å². The summed E-state index contributed by atoms with van der Waals surface area (Å²) in [5.74, 6) is -1.77. The molecule has 0 amide bonds. The van der Waals surface area contributed by atoms with Crippen LogP contribution in [0.3, 0.4) is 0 Å². The number of hydrogen-bond acceptors (Lipinski definition) is 6. The molecule has 1 fully saturated rings. The van der Waals surface area contributed by atoms with Crippen molar-refractivity contribution in [2.75, 3.05) is 5.32 Å². The monoisotopic (exact) mass is 422 g/mol. The molecule has 2 aromatic heterocycles. The van der Waals surface area contributed by atoms with Crippen LogP contribution in [0.5, 0.6) is 5.75 Å². The molecule has 158 valence electrons. The number of aliphatic hydroxyl groups excluding tert-OH is 1. The van der Waals surface area contributed by atoms with Gasteiger partial charge in [-0.1, -0.05) is 0 Å². The highest BCUT2D eigenvalue weighted by molar-refractivity contribution is 6.00. The Balaban J connectivity index is 1.79. The van der Waals surface area contributed by atoms with Crippen LogP contribution in [-0.4, -0.2) is 37.5 Å². The minimum atomic E-state index is -4.80. The predicted octanol–water partition coefficient (Wildman–Crippen LogP) is 4.27. The van der Waals surface area contributed by atoms with E-state index in [2.05, 4.69) is 20.5 Å². The molecule has 0 aliphatic heterocycles. The number of anilines is 1. The van der Waals surface area contributed by atoms with Crippen LogP contribution in [0.2, 0.25) is 0 Å². The molecule has 30 heavy (non-hydrogen) atoms. The van der Waals surface area contributed by atoms with E-state index in [0.717, 1.165) is 19.3 Å². The quantitative estimate of drug-likeness (QED) is 0.546. The second kappa shape index (κ2) is 7.67. The number of phenols is 1. The lowest BCUT2D eigenvalue weighted by Gasteiger charge is -2.27. The van der Waals surface area contributed by atoms with Crippen LogP contribution >= 0.6 is 0 Å². The molecule has 6 nitrogen and oxygen atoms in total. The van der Waals surface area contributed by atoms with Gasteiger partial charge in [0, 0.05) is 29.2 Å². The van der Waals surface area contributed by atoms with E-state index in [0.29, 0.717) is 35.1 Å². The first-order chi connectivity index (χ1) is 14.2. The summed E-state index contributed by atoms with van der Waals surface area (Å²) in [6.45, 7) is 0. The molecule has 0 spiro atoms. The van der Waals surface area contributed by atoms with Crippen molar-refractivity contribution in [3.8, 4) is 17.0 Å². The minimum absolute atomic E-state index is 0.0338. The van der Waals surface area contributed by atoms with Crippen molar-refractivity contribution in [3.63, 3.8) is 0 Å². The number of alkyl halides is 3. The van der Waals surface area contributed by atoms with Gasteiger partial charge in [0.1, 0.15) is 17.3 Å². The molecular weight excluding hydrogens is 404 g/mol. The number of hydrogen-bond donors (Lipinski definition) is 3. The van der Waals surface area contributed by atoms with Gasteiger partial charge in [0.2, 0.25) is 0 Å². The Hall–Kier alpha value is -3.01. The fourth-order valence-electron chi connectivity index (χ4n) is 3.77. The van der Waals surface area contributed by atoms with Crippen molar-refractivity contribution >= 4 is 16.6 Å². The van der Waals surface area contributed by atoms with Crippen molar-refractivity contribution in [2.24, 2.45) is 0 Å². The first kappa shape index (κ1) is 20.3. The molecule has 0 saturated heterocycles. The van der Waals surface area contributed by atoms with E-state index < -0.39 is 35.0 Å². The summed E-state index contributed by atoms with van der Waals surface area (Å²) >= 11 is 0. The Labute approximate surface area is 168 Å². The van der Waals surface area contributed by atoms with Gasteiger partial charge in [0.05, 0.1) is 17.2 Å². The van der Waals surface area contributed by atoms with Gasteiger partial charge in [-0.05, 0) is 43.9 Å². The van der Waals surface area contributed by atoms with Gasteiger partial charge in [-0.2, -0.15) is 13.2 Å². The van der Waals surface area contributed by atoms with E-state index in [1.54, 1.807) is 0 Å². The van der Waals surface area contributed by atoms with Gasteiger partial charge in [-0.25, -0.2) is 4.39 Å². The third-order valence-corrected chi connectivity index (χ3v) is 5.20. The zero-order valence-electron chi connectivity index (χ0n) is 15.6. The Morgan fingerprint density at radius 2 is 1.90 bits per heavy atom. The molecule has 1 saturated carbocycles. The van der Waals surface area contributed by atoms with Crippen molar-refractivity contribution in [2.45, 2.75) is 44.0 Å². The maximum atomic E-state index is 14.6. The van der Waals surface area contributed by atoms with E-state index in [1.807, 2.05) is 0 Å². The number of aliphatic hydroxyl groups is 1. The number of aromatic nitrogens is 3. The number of phenolic OH excluding ortho intramolecular Hbond substituents is 1. The molecule has 3 aromatic rings. The zero-order valence-corrected chi connectivity index (χ0v) is 15.6. The van der Waals surface area contributed by atoms with E-state index >= 15 is 0 Å². The fraction of sp³-hybridized carbons (Fsp3) is 0.350. The first-order valence-corrected chi connectivity index (χ1v) is 9.39. The van der Waals surface area contributed by atoms with Gasteiger partial charge in [0.25, 0.3) is 0 Å². The van der Waals surface area contributed by atoms with Crippen molar-refractivity contribution in [3.05, 3.63) is 42.0 Å². The fourth-order valence-corrected chi connectivity index (χ4v) is 3.77. The molecule has 0 unspecified atom stereocenters. The minimum Gasteiger partial charge on any atom is -0.507 e. The van der Waals surface area contributed by atoms with Crippen LogP contribution in [0.4, 0.5) is 23.4 Å². The lowest BCUT2D eigenvalue weighted by Crippen LogP contribution is -2.30. The van der Waals surface area contributed by atoms with Crippen molar-refractivity contribution in [1.82, 2.24) is 15.2 Å². The zero-order chi connectivity index (χ0) is 21.5. The van der Waals surface area contributed by atoms with Gasteiger partial charge in [-0.3, -0.25) is 4.98 Å². The highest BCUT2D eigenvalue weighted by Crippen LogP contribution is 2.40. The molecule has 0 radical (unpaired) electrons. The number of fused-ring (bicyclic) bond motifs is 1. The van der Waals surface area contributed by atoms with Crippen molar-refractivity contribution in [1.29, 1.82) is 0 Å². The van der Waals surface area contributed by atoms with Gasteiger partial charge in [-0.15, -0.1) is 10.2 Å². The molecule has 3 N–H and O–H groups in total. The third kappa shape index (κ3) is 3.87. The van der Waals surface area contributed by atoms with Crippen molar-refractivity contribution < 1.29 is 27.8 Å². The van der Waals surface area contributed by atoms with Crippen LogP contribution < -0.4 is 5.32 Å². The van der Waals surface area contributed by atoms with Crippen LogP contribution in [0.25, 0.3) is 22.0 Å². The molecule has 1 aliphatic rings. The average molecular weight is 422 g/mol. The van der Waals surface area contributed by atoms with Gasteiger partial charge in [0.15, 0.2) is 5.82 Å². The molecular formula is C20H18F4N4O2. The largest absolute Gasteiger partial charge is 0.507 e. The Morgan fingerprint density at radius 1 is 1.10 bits per heavy atom. The maximum absolute atomic E-state index is 14.6. The average Bonchev–Trinajstić information content (AvgIpc) is 2.68. The van der Waals surface area contributed by atoms with Crippen LogP contribution in [0.1, 0.15) is 31.2 Å². The smallest absolute Gasteiger partial charge is 0.416 e. The molecule has 10 heteroatoms. The van der Waals surface area contributed by atoms with E-state index in [4.69, 9.17) is 0 Å². The number of rotatable bonds is 3. The van der Waals surface area contributed by atoms with Gasteiger partial charge < -0.3 is 15.5 Å². The summed E-state index contributed by atoms with van der Waals surface area (Å²) in [5, 5.41) is 32.1. The van der Waals surface area contributed by atoms with Crippen LogP contribution in [0, 0.1) is 5.82 Å². The summed E-state index contributed by atoms with van der Waals surface area (Å²) in [5.41, 5.74) is -1.86. The molecule has 1 aromatic carbocycles. The first-order valence-electron chi connectivity index (χ1n) is 9.39. The van der Waals surface area contributed by atoms with E-state index in [9.17, 15) is 27.8 Å². The molecule has 1 aliphatic carbocycles. The summed E-state index contributed by atoms with van der Waals surface area (Å²) in [6, 6.07) is 2.27. The lowest BCUT2D eigenvalue weighted by atomic mass is 9.93. The Morgan fingerprint density at radius 3 is 2.60 bits per heavy atom. The number of benzene rings is 1. The molecule has 4 rings (SSSR count). The standard InChI is InChI=1S/C20H18F4N4O2/c21-15-6-10(20(22,23)24)7-16(30)17(15)18-13-4-5-25-9-14(13)19(28-27-18)26-11-2-1-3-12(29)8-11/h4-7,9,11-12,29-30H,1-3,8H2,(H,26,28)/t11-,12-/m1/s1. The number of pyridine rings is 1. The third-order valence-electron chi connectivity index (χ3n) is 5.20. The molecule has 2 atom stereocenters.